The lowest BCUT2D eigenvalue weighted by Gasteiger charge is -2.13. The summed E-state index contributed by atoms with van der Waals surface area (Å²) in [6.07, 6.45) is 3.59. The van der Waals surface area contributed by atoms with E-state index in [1.807, 2.05) is 12.1 Å². The quantitative estimate of drug-likeness (QED) is 0.826. The summed E-state index contributed by atoms with van der Waals surface area (Å²) in [7, 11) is 0. The van der Waals surface area contributed by atoms with E-state index in [4.69, 9.17) is 10.5 Å². The highest BCUT2D eigenvalue weighted by Gasteiger charge is 2.27. The van der Waals surface area contributed by atoms with Gasteiger partial charge in [-0.25, -0.2) is 0 Å². The molecule has 1 fully saturated rings. The highest BCUT2D eigenvalue weighted by molar-refractivity contribution is 5.38. The summed E-state index contributed by atoms with van der Waals surface area (Å²) in [5.74, 6) is 1.77. The number of aryl methyl sites for hydroxylation is 1. The molecule has 0 heterocycles. The van der Waals surface area contributed by atoms with E-state index in [0.717, 1.165) is 24.7 Å². The van der Waals surface area contributed by atoms with Crippen molar-refractivity contribution in [1.29, 1.82) is 0 Å². The summed E-state index contributed by atoms with van der Waals surface area (Å²) in [5.41, 5.74) is 8.55. The van der Waals surface area contributed by atoms with E-state index in [9.17, 15) is 0 Å². The smallest absolute Gasteiger partial charge is 0.122 e. The summed E-state index contributed by atoms with van der Waals surface area (Å²) >= 11 is 0. The predicted octanol–water partition coefficient (Wildman–Crippen LogP) is 2.81. The van der Waals surface area contributed by atoms with Gasteiger partial charge in [0, 0.05) is 6.04 Å². The van der Waals surface area contributed by atoms with Crippen LogP contribution in [0, 0.1) is 19.8 Å². The Morgan fingerprint density at radius 1 is 1.38 bits per heavy atom. The first-order chi connectivity index (χ1) is 7.68. The number of benzene rings is 1. The molecular weight excluding hydrogens is 198 g/mol. The Kier molecular flexibility index (Phi) is 3.49. The molecule has 1 aliphatic carbocycles. The van der Waals surface area contributed by atoms with Crippen molar-refractivity contribution in [1.82, 2.24) is 0 Å². The average Bonchev–Trinajstić information content (AvgIpc) is 3.07. The third-order valence-corrected chi connectivity index (χ3v) is 3.49. The molecule has 2 heteroatoms. The number of ether oxygens (including phenoxy) is 1. The second kappa shape index (κ2) is 4.88. The Hall–Kier alpha value is -1.02. The van der Waals surface area contributed by atoms with E-state index in [1.54, 1.807) is 0 Å². The van der Waals surface area contributed by atoms with E-state index in [0.29, 0.717) is 6.04 Å². The molecule has 88 valence electrons. The van der Waals surface area contributed by atoms with Gasteiger partial charge in [-0.2, -0.15) is 0 Å². The maximum Gasteiger partial charge on any atom is 0.122 e. The maximum atomic E-state index is 6.03. The molecule has 0 aromatic heterocycles. The monoisotopic (exact) mass is 219 g/mol. The molecule has 0 amide bonds. The Morgan fingerprint density at radius 2 is 2.12 bits per heavy atom. The van der Waals surface area contributed by atoms with Gasteiger partial charge in [0.2, 0.25) is 0 Å². The van der Waals surface area contributed by atoms with Crippen LogP contribution in [0.5, 0.6) is 5.75 Å². The zero-order chi connectivity index (χ0) is 11.5. The van der Waals surface area contributed by atoms with Crippen molar-refractivity contribution in [3.8, 4) is 5.75 Å². The van der Waals surface area contributed by atoms with Crippen LogP contribution in [0.1, 0.15) is 30.4 Å². The van der Waals surface area contributed by atoms with Gasteiger partial charge in [0.1, 0.15) is 5.75 Å². The fourth-order valence-electron chi connectivity index (χ4n) is 1.95. The SMILES string of the molecule is Cc1cccc(OCCC(N)C2CC2)c1C. The molecule has 1 aliphatic rings. The minimum atomic E-state index is 0.338. The topological polar surface area (TPSA) is 35.2 Å². The lowest BCUT2D eigenvalue weighted by atomic mass is 10.1. The molecule has 2 rings (SSSR count). The van der Waals surface area contributed by atoms with E-state index in [2.05, 4.69) is 19.9 Å². The largest absolute Gasteiger partial charge is 0.493 e. The fraction of sp³-hybridized carbons (Fsp3) is 0.571. The van der Waals surface area contributed by atoms with Crippen molar-refractivity contribution in [2.24, 2.45) is 11.7 Å². The van der Waals surface area contributed by atoms with Crippen molar-refractivity contribution in [2.45, 2.75) is 39.2 Å². The van der Waals surface area contributed by atoms with E-state index < -0.39 is 0 Å². The highest BCUT2D eigenvalue weighted by Crippen LogP contribution is 2.32. The zero-order valence-electron chi connectivity index (χ0n) is 10.2. The van der Waals surface area contributed by atoms with Gasteiger partial charge >= 0.3 is 0 Å². The van der Waals surface area contributed by atoms with Crippen molar-refractivity contribution in [2.75, 3.05) is 6.61 Å². The minimum absolute atomic E-state index is 0.338. The van der Waals surface area contributed by atoms with Crippen LogP contribution in [0.3, 0.4) is 0 Å². The Bertz CT molecular complexity index is 358. The fourth-order valence-corrected chi connectivity index (χ4v) is 1.95. The summed E-state index contributed by atoms with van der Waals surface area (Å²) in [6.45, 7) is 4.95. The number of hydrogen-bond acceptors (Lipinski definition) is 2. The number of hydrogen-bond donors (Lipinski definition) is 1. The average molecular weight is 219 g/mol. The van der Waals surface area contributed by atoms with E-state index in [-0.39, 0.29) is 0 Å². The third-order valence-electron chi connectivity index (χ3n) is 3.49. The van der Waals surface area contributed by atoms with Gasteiger partial charge in [0.05, 0.1) is 6.61 Å². The van der Waals surface area contributed by atoms with Crippen molar-refractivity contribution < 1.29 is 4.74 Å². The lowest BCUT2D eigenvalue weighted by Crippen LogP contribution is -2.24. The molecule has 2 nitrogen and oxygen atoms in total. The molecule has 1 aromatic rings. The molecule has 2 N–H and O–H groups in total. The molecule has 0 saturated heterocycles. The van der Waals surface area contributed by atoms with E-state index >= 15 is 0 Å². The third kappa shape index (κ3) is 2.76. The van der Waals surface area contributed by atoms with Crippen molar-refractivity contribution in [3.63, 3.8) is 0 Å². The van der Waals surface area contributed by atoms with Gasteiger partial charge < -0.3 is 10.5 Å². The standard InChI is InChI=1S/C14H21NO/c1-10-4-3-5-14(11(10)2)16-9-8-13(15)12-6-7-12/h3-5,12-13H,6-9,15H2,1-2H3. The summed E-state index contributed by atoms with van der Waals surface area (Å²) in [5, 5.41) is 0. The normalized spacial score (nSPS) is 17.2. The molecule has 0 spiro atoms. The van der Waals surface area contributed by atoms with Crippen LogP contribution in [0.4, 0.5) is 0 Å². The van der Waals surface area contributed by atoms with Crippen LogP contribution in [0.25, 0.3) is 0 Å². The molecular formula is C14H21NO. The van der Waals surface area contributed by atoms with Gasteiger partial charge in [0.15, 0.2) is 0 Å². The highest BCUT2D eigenvalue weighted by atomic mass is 16.5. The number of nitrogens with two attached hydrogens (primary N) is 1. The Balaban J connectivity index is 1.82. The second-order valence-electron chi connectivity index (χ2n) is 4.84. The van der Waals surface area contributed by atoms with Gasteiger partial charge in [-0.1, -0.05) is 12.1 Å². The second-order valence-corrected chi connectivity index (χ2v) is 4.84. The maximum absolute atomic E-state index is 6.03. The first-order valence-corrected chi connectivity index (χ1v) is 6.13. The first-order valence-electron chi connectivity index (χ1n) is 6.13. The van der Waals surface area contributed by atoms with Crippen LogP contribution in [0.15, 0.2) is 18.2 Å². The van der Waals surface area contributed by atoms with Crippen LogP contribution in [-0.4, -0.2) is 12.6 Å². The van der Waals surface area contributed by atoms with Crippen molar-refractivity contribution in [3.05, 3.63) is 29.3 Å². The molecule has 16 heavy (non-hydrogen) atoms. The van der Waals surface area contributed by atoms with Gasteiger partial charge in [-0.3, -0.25) is 0 Å². The molecule has 1 atom stereocenters. The first kappa shape index (κ1) is 11.5. The van der Waals surface area contributed by atoms with Gasteiger partial charge in [-0.05, 0) is 56.2 Å². The van der Waals surface area contributed by atoms with E-state index in [1.165, 1.54) is 24.0 Å². The predicted molar refractivity (Wildman–Crippen MR) is 66.7 cm³/mol. The molecule has 1 aromatic carbocycles. The summed E-state index contributed by atoms with van der Waals surface area (Å²) in [6, 6.07) is 6.52. The molecule has 1 saturated carbocycles. The lowest BCUT2D eigenvalue weighted by molar-refractivity contribution is 0.289. The van der Waals surface area contributed by atoms with Crippen molar-refractivity contribution >= 4 is 0 Å². The van der Waals surface area contributed by atoms with Crippen LogP contribution in [-0.2, 0) is 0 Å². The molecule has 1 unspecified atom stereocenters. The van der Waals surface area contributed by atoms with Crippen LogP contribution >= 0.6 is 0 Å². The molecule has 0 aliphatic heterocycles. The Morgan fingerprint density at radius 3 is 2.81 bits per heavy atom. The zero-order valence-corrected chi connectivity index (χ0v) is 10.2. The van der Waals surface area contributed by atoms with Crippen LogP contribution in [0.2, 0.25) is 0 Å². The molecule has 0 radical (unpaired) electrons. The molecule has 0 bridgehead atoms. The van der Waals surface area contributed by atoms with Crippen LogP contribution < -0.4 is 10.5 Å². The Labute approximate surface area is 97.8 Å². The number of rotatable bonds is 5. The minimum Gasteiger partial charge on any atom is -0.493 e. The summed E-state index contributed by atoms with van der Waals surface area (Å²) in [4.78, 5) is 0. The van der Waals surface area contributed by atoms with Gasteiger partial charge in [0.25, 0.3) is 0 Å². The summed E-state index contributed by atoms with van der Waals surface area (Å²) < 4.78 is 5.79. The van der Waals surface area contributed by atoms with Gasteiger partial charge in [-0.15, -0.1) is 0 Å².